The van der Waals surface area contributed by atoms with Gasteiger partial charge in [-0.3, -0.25) is 9.59 Å². The van der Waals surface area contributed by atoms with Crippen molar-refractivity contribution in [2.75, 3.05) is 26.2 Å². The molecule has 1 atom stereocenters. The molecule has 148 valence electrons. The fourth-order valence-corrected chi connectivity index (χ4v) is 4.47. The molecule has 0 bridgehead atoms. The first-order valence-corrected chi connectivity index (χ1v) is 10.6. The topological polar surface area (TPSA) is 62.0 Å². The molecule has 5 nitrogen and oxygen atoms in total. The van der Waals surface area contributed by atoms with E-state index in [-0.39, 0.29) is 11.3 Å². The van der Waals surface area contributed by atoms with Gasteiger partial charge in [-0.2, -0.15) is 0 Å². The number of ketones is 1. The molecule has 2 heterocycles. The highest BCUT2D eigenvalue weighted by Gasteiger charge is 2.46. The summed E-state index contributed by atoms with van der Waals surface area (Å²) >= 11 is 7.40. The number of likely N-dealkylation sites (tertiary alicyclic amines) is 1. The SMILES string of the molecule is CC[NH+](CC)CCN1C(=O)C(=O)C(=C(O)c2ccc(Cl)cc2)[C@@H]1c1cccs1. The van der Waals surface area contributed by atoms with E-state index in [0.717, 1.165) is 24.5 Å². The fraction of sp³-hybridized carbons (Fsp3) is 0.333. The van der Waals surface area contributed by atoms with Gasteiger partial charge in [-0.15, -0.1) is 11.3 Å². The molecule has 1 amide bonds. The van der Waals surface area contributed by atoms with Gasteiger partial charge in [-0.25, -0.2) is 0 Å². The molecule has 1 aliphatic rings. The van der Waals surface area contributed by atoms with E-state index in [4.69, 9.17) is 11.6 Å². The van der Waals surface area contributed by atoms with E-state index in [1.54, 1.807) is 29.2 Å². The molecule has 0 radical (unpaired) electrons. The number of carbonyl (C=O) groups is 2. The normalized spacial score (nSPS) is 19.0. The molecule has 0 aliphatic carbocycles. The number of aliphatic hydroxyl groups is 1. The van der Waals surface area contributed by atoms with Crippen LogP contribution < -0.4 is 4.90 Å². The molecule has 2 N–H and O–H groups in total. The number of hydrogen-bond acceptors (Lipinski definition) is 4. The van der Waals surface area contributed by atoms with Crippen LogP contribution in [0.3, 0.4) is 0 Å². The third-order valence-corrected chi connectivity index (χ3v) is 6.35. The number of halogens is 1. The Labute approximate surface area is 173 Å². The fourth-order valence-electron chi connectivity index (χ4n) is 3.50. The summed E-state index contributed by atoms with van der Waals surface area (Å²) in [6.07, 6.45) is 0. The summed E-state index contributed by atoms with van der Waals surface area (Å²) in [6, 6.07) is 9.82. The molecule has 1 fully saturated rings. The Morgan fingerprint density at radius 2 is 1.86 bits per heavy atom. The number of likely N-dealkylation sites (N-methyl/N-ethyl adjacent to an activating group) is 1. The van der Waals surface area contributed by atoms with Crippen LogP contribution in [0, 0.1) is 0 Å². The first-order valence-electron chi connectivity index (χ1n) is 9.39. The van der Waals surface area contributed by atoms with E-state index in [1.807, 2.05) is 17.5 Å². The van der Waals surface area contributed by atoms with Gasteiger partial charge in [0, 0.05) is 15.5 Å². The Hall–Kier alpha value is -2.15. The maximum atomic E-state index is 12.8. The van der Waals surface area contributed by atoms with E-state index in [2.05, 4.69) is 13.8 Å². The van der Waals surface area contributed by atoms with Gasteiger partial charge in [0.2, 0.25) is 0 Å². The Morgan fingerprint density at radius 3 is 2.43 bits per heavy atom. The van der Waals surface area contributed by atoms with Crippen LogP contribution in [0.5, 0.6) is 0 Å². The van der Waals surface area contributed by atoms with Crippen molar-refractivity contribution in [1.82, 2.24) is 4.90 Å². The van der Waals surface area contributed by atoms with Crippen molar-refractivity contribution in [3.05, 3.63) is 62.8 Å². The maximum Gasteiger partial charge on any atom is 0.295 e. The predicted molar refractivity (Wildman–Crippen MR) is 112 cm³/mol. The summed E-state index contributed by atoms with van der Waals surface area (Å²) in [6.45, 7) is 7.32. The molecule has 3 rings (SSSR count). The Balaban J connectivity index is 2.03. The number of carbonyl (C=O) groups excluding carboxylic acids is 2. The van der Waals surface area contributed by atoms with Crippen LogP contribution in [0.2, 0.25) is 5.02 Å². The summed E-state index contributed by atoms with van der Waals surface area (Å²) in [5, 5.41) is 13.3. The lowest BCUT2D eigenvalue weighted by molar-refractivity contribution is -0.895. The lowest BCUT2D eigenvalue weighted by Crippen LogP contribution is -3.12. The zero-order valence-electron chi connectivity index (χ0n) is 15.9. The summed E-state index contributed by atoms with van der Waals surface area (Å²) in [7, 11) is 0. The van der Waals surface area contributed by atoms with Crippen LogP contribution in [0.25, 0.3) is 5.76 Å². The highest BCUT2D eigenvalue weighted by atomic mass is 35.5. The molecule has 1 aromatic carbocycles. The van der Waals surface area contributed by atoms with Gasteiger partial charge in [-0.1, -0.05) is 17.7 Å². The largest absolute Gasteiger partial charge is 0.507 e. The second-order valence-corrected chi connectivity index (χ2v) is 8.14. The minimum absolute atomic E-state index is 0.143. The second kappa shape index (κ2) is 8.90. The predicted octanol–water partition coefficient (Wildman–Crippen LogP) is 2.75. The number of benzene rings is 1. The molecule has 1 saturated heterocycles. The average Bonchev–Trinajstić information content (AvgIpc) is 3.31. The van der Waals surface area contributed by atoms with Crippen molar-refractivity contribution < 1.29 is 19.6 Å². The van der Waals surface area contributed by atoms with E-state index in [9.17, 15) is 14.7 Å². The zero-order chi connectivity index (χ0) is 20.3. The van der Waals surface area contributed by atoms with Gasteiger partial charge < -0.3 is 14.9 Å². The molecular formula is C21H24ClN2O3S+. The summed E-state index contributed by atoms with van der Waals surface area (Å²) in [5.41, 5.74) is 0.614. The Morgan fingerprint density at radius 1 is 1.18 bits per heavy atom. The highest BCUT2D eigenvalue weighted by Crippen LogP contribution is 2.40. The minimum Gasteiger partial charge on any atom is -0.507 e. The average molecular weight is 420 g/mol. The van der Waals surface area contributed by atoms with Gasteiger partial charge in [0.05, 0.1) is 37.8 Å². The first-order chi connectivity index (χ1) is 13.5. The maximum absolute atomic E-state index is 12.8. The summed E-state index contributed by atoms with van der Waals surface area (Å²) in [5.74, 6) is -1.35. The van der Waals surface area contributed by atoms with E-state index in [0.29, 0.717) is 17.1 Å². The lowest BCUT2D eigenvalue weighted by atomic mass is 10.00. The number of thiophene rings is 1. The van der Waals surface area contributed by atoms with E-state index >= 15 is 0 Å². The standard InChI is InChI=1S/C21H23ClN2O3S/c1-3-23(4-2)11-12-24-18(16-6-5-13-28-16)17(20(26)21(24)27)19(25)14-7-9-15(22)10-8-14/h5-10,13,18,25H,3-4,11-12H2,1-2H3/p+1/t18-/m0/s1. The van der Waals surface area contributed by atoms with Crippen LogP contribution in [0.4, 0.5) is 0 Å². The minimum atomic E-state index is -0.639. The number of nitrogens with one attached hydrogen (secondary N) is 1. The van der Waals surface area contributed by atoms with Gasteiger partial charge in [-0.05, 0) is 49.6 Å². The number of nitrogens with zero attached hydrogens (tertiary/aromatic N) is 1. The highest BCUT2D eigenvalue weighted by molar-refractivity contribution is 7.10. The molecule has 1 aliphatic heterocycles. The number of quaternary nitrogens is 1. The van der Waals surface area contributed by atoms with Crippen molar-refractivity contribution in [2.24, 2.45) is 0 Å². The molecule has 28 heavy (non-hydrogen) atoms. The molecule has 0 unspecified atom stereocenters. The monoisotopic (exact) mass is 419 g/mol. The molecule has 2 aromatic rings. The molecule has 0 saturated carbocycles. The van der Waals surface area contributed by atoms with Crippen LogP contribution in [-0.4, -0.2) is 47.9 Å². The third kappa shape index (κ3) is 3.99. The number of rotatable bonds is 7. The van der Waals surface area contributed by atoms with Gasteiger partial charge in [0.25, 0.3) is 11.7 Å². The summed E-state index contributed by atoms with van der Waals surface area (Å²) in [4.78, 5) is 29.5. The van der Waals surface area contributed by atoms with Crippen LogP contribution in [0.1, 0.15) is 30.3 Å². The van der Waals surface area contributed by atoms with Crippen molar-refractivity contribution >= 4 is 40.4 Å². The van der Waals surface area contributed by atoms with Crippen LogP contribution >= 0.6 is 22.9 Å². The lowest BCUT2D eigenvalue weighted by Gasteiger charge is -2.25. The van der Waals surface area contributed by atoms with Gasteiger partial charge >= 0.3 is 0 Å². The van der Waals surface area contributed by atoms with Crippen LogP contribution in [0.15, 0.2) is 47.4 Å². The van der Waals surface area contributed by atoms with Crippen molar-refractivity contribution in [2.45, 2.75) is 19.9 Å². The number of aliphatic hydroxyl groups excluding tert-OH is 1. The molecule has 0 spiro atoms. The number of amides is 1. The Kier molecular flexibility index (Phi) is 6.54. The molecule has 7 heteroatoms. The molecular weight excluding hydrogens is 396 g/mol. The van der Waals surface area contributed by atoms with E-state index < -0.39 is 17.7 Å². The smallest absolute Gasteiger partial charge is 0.295 e. The first kappa shape index (κ1) is 20.6. The number of hydrogen-bond donors (Lipinski definition) is 2. The Bertz CT molecular complexity index is 874. The molecule has 1 aromatic heterocycles. The third-order valence-electron chi connectivity index (χ3n) is 5.18. The quantitative estimate of drug-likeness (QED) is 0.412. The van der Waals surface area contributed by atoms with Crippen molar-refractivity contribution in [1.29, 1.82) is 0 Å². The number of Topliss-reactive ketones (excluding diaryl/α,β-unsaturated/α-hetero) is 1. The second-order valence-electron chi connectivity index (χ2n) is 6.72. The van der Waals surface area contributed by atoms with Crippen LogP contribution in [-0.2, 0) is 9.59 Å². The summed E-state index contributed by atoms with van der Waals surface area (Å²) < 4.78 is 0. The van der Waals surface area contributed by atoms with Crippen molar-refractivity contribution in [3.8, 4) is 0 Å². The van der Waals surface area contributed by atoms with Gasteiger partial charge in [0.1, 0.15) is 5.76 Å². The van der Waals surface area contributed by atoms with Gasteiger partial charge in [0.15, 0.2) is 0 Å². The zero-order valence-corrected chi connectivity index (χ0v) is 17.5. The van der Waals surface area contributed by atoms with E-state index in [1.165, 1.54) is 16.2 Å². The van der Waals surface area contributed by atoms with Crippen molar-refractivity contribution in [3.63, 3.8) is 0 Å².